The first kappa shape index (κ1) is 14.1. The van der Waals surface area contributed by atoms with Gasteiger partial charge < -0.3 is 9.84 Å². The van der Waals surface area contributed by atoms with E-state index in [-0.39, 0.29) is 12.5 Å². The predicted octanol–water partition coefficient (Wildman–Crippen LogP) is 2.81. The fraction of sp³-hybridized carbons (Fsp3) is 0.667. The maximum absolute atomic E-state index is 10.7. The van der Waals surface area contributed by atoms with Crippen LogP contribution in [0, 0.1) is 12.8 Å². The van der Waals surface area contributed by atoms with Crippen LogP contribution in [0.25, 0.3) is 0 Å². The van der Waals surface area contributed by atoms with Crippen LogP contribution in [-0.4, -0.2) is 22.7 Å². The second kappa shape index (κ2) is 6.12. The van der Waals surface area contributed by atoms with Gasteiger partial charge in [-0.2, -0.15) is 0 Å². The summed E-state index contributed by atoms with van der Waals surface area (Å²) in [6.07, 6.45) is 0.00622. The molecule has 1 aromatic heterocycles. The van der Waals surface area contributed by atoms with Crippen molar-refractivity contribution in [3.63, 3.8) is 0 Å². The van der Waals surface area contributed by atoms with Gasteiger partial charge in [-0.1, -0.05) is 13.8 Å². The number of aromatic nitrogens is 1. The number of aryl methyl sites for hydroxylation is 1. The van der Waals surface area contributed by atoms with E-state index in [1.54, 1.807) is 0 Å². The molecule has 1 heterocycles. The molecule has 1 N–H and O–H groups in total. The number of carboxylic acids is 1. The zero-order chi connectivity index (χ0) is 13.0. The zero-order valence-corrected chi connectivity index (χ0v) is 11.5. The Morgan fingerprint density at radius 3 is 2.65 bits per heavy atom. The van der Waals surface area contributed by atoms with E-state index in [9.17, 15) is 4.79 Å². The number of hydrogen-bond acceptors (Lipinski definition) is 4. The summed E-state index contributed by atoms with van der Waals surface area (Å²) >= 11 is 1.45. The van der Waals surface area contributed by atoms with Gasteiger partial charge in [0.15, 0.2) is 0 Å². The Morgan fingerprint density at radius 2 is 2.18 bits per heavy atom. The van der Waals surface area contributed by atoms with Gasteiger partial charge in [-0.05, 0) is 19.8 Å². The summed E-state index contributed by atoms with van der Waals surface area (Å²) in [7, 11) is 0. The summed E-state index contributed by atoms with van der Waals surface area (Å²) in [5.41, 5.74) is 0.803. The molecule has 17 heavy (non-hydrogen) atoms. The Hall–Kier alpha value is -0.940. The van der Waals surface area contributed by atoms with Gasteiger partial charge in [0, 0.05) is 11.5 Å². The van der Waals surface area contributed by atoms with Crippen molar-refractivity contribution in [2.45, 2.75) is 40.2 Å². The molecule has 0 saturated carbocycles. The normalized spacial score (nSPS) is 13.0. The van der Waals surface area contributed by atoms with E-state index in [1.165, 1.54) is 11.3 Å². The van der Waals surface area contributed by atoms with Gasteiger partial charge in [-0.15, -0.1) is 11.3 Å². The lowest BCUT2D eigenvalue weighted by atomic mass is 10.1. The molecule has 4 nitrogen and oxygen atoms in total. The van der Waals surface area contributed by atoms with Crippen LogP contribution in [0.1, 0.15) is 42.5 Å². The van der Waals surface area contributed by atoms with Crippen molar-refractivity contribution in [3.8, 4) is 0 Å². The molecule has 0 aromatic carbocycles. The van der Waals surface area contributed by atoms with Crippen molar-refractivity contribution < 1.29 is 14.6 Å². The van der Waals surface area contributed by atoms with Gasteiger partial charge in [-0.25, -0.2) is 4.98 Å². The van der Waals surface area contributed by atoms with Crippen LogP contribution in [0.4, 0.5) is 0 Å². The van der Waals surface area contributed by atoms with Crippen molar-refractivity contribution in [2.75, 3.05) is 6.61 Å². The highest BCUT2D eigenvalue weighted by atomic mass is 32.1. The summed E-state index contributed by atoms with van der Waals surface area (Å²) in [6, 6.07) is 0. The predicted molar refractivity (Wildman–Crippen MR) is 67.4 cm³/mol. The van der Waals surface area contributed by atoms with Gasteiger partial charge >= 0.3 is 5.97 Å². The van der Waals surface area contributed by atoms with Crippen LogP contribution in [0.5, 0.6) is 0 Å². The Balaban J connectivity index is 2.93. The van der Waals surface area contributed by atoms with E-state index >= 15 is 0 Å². The van der Waals surface area contributed by atoms with Gasteiger partial charge in [0.1, 0.15) is 11.1 Å². The summed E-state index contributed by atoms with van der Waals surface area (Å²) in [4.78, 5) is 16.0. The van der Waals surface area contributed by atoms with Crippen molar-refractivity contribution >= 4 is 17.3 Å². The number of thiazole rings is 1. The van der Waals surface area contributed by atoms with E-state index < -0.39 is 5.97 Å². The summed E-state index contributed by atoms with van der Waals surface area (Å²) in [5.74, 6) is -0.487. The van der Waals surface area contributed by atoms with Crippen molar-refractivity contribution in [2.24, 2.45) is 5.92 Å². The maximum atomic E-state index is 10.7. The smallest absolute Gasteiger partial charge is 0.308 e. The van der Waals surface area contributed by atoms with Gasteiger partial charge in [0.05, 0.1) is 12.1 Å². The number of hydrogen-bond donors (Lipinski definition) is 1. The minimum Gasteiger partial charge on any atom is -0.481 e. The first-order valence-electron chi connectivity index (χ1n) is 5.75. The summed E-state index contributed by atoms with van der Waals surface area (Å²) in [5, 5.41) is 9.68. The van der Waals surface area contributed by atoms with E-state index in [0.717, 1.165) is 15.6 Å². The fourth-order valence-corrected chi connectivity index (χ4v) is 2.88. The van der Waals surface area contributed by atoms with Crippen LogP contribution in [0.2, 0.25) is 0 Å². The lowest BCUT2D eigenvalue weighted by molar-refractivity contribution is -0.136. The molecule has 0 amide bonds. The Labute approximate surface area is 106 Å². The molecule has 1 aromatic rings. The minimum absolute atomic E-state index is 0.0359. The lowest BCUT2D eigenvalue weighted by Gasteiger charge is -2.17. The minimum atomic E-state index is -0.819. The summed E-state index contributed by atoms with van der Waals surface area (Å²) in [6.45, 7) is 8.59. The second-order valence-electron chi connectivity index (χ2n) is 4.25. The standard InChI is InChI=1S/C12H19NO3S/c1-5-16-11(7(2)3)12-13-8(4)9(17-12)6-10(14)15/h7,11H,5-6H2,1-4H3,(H,14,15). The zero-order valence-electron chi connectivity index (χ0n) is 10.7. The highest BCUT2D eigenvalue weighted by molar-refractivity contribution is 7.11. The second-order valence-corrected chi connectivity index (χ2v) is 5.37. The molecule has 0 fully saturated rings. The molecule has 0 aliphatic carbocycles. The van der Waals surface area contributed by atoms with E-state index in [1.807, 2.05) is 13.8 Å². The third-order valence-electron chi connectivity index (χ3n) is 2.42. The molecule has 0 radical (unpaired) electrons. The Kier molecular flexibility index (Phi) is 5.08. The van der Waals surface area contributed by atoms with Crippen LogP contribution in [0.15, 0.2) is 0 Å². The van der Waals surface area contributed by atoms with Gasteiger partial charge in [-0.3, -0.25) is 4.79 Å². The molecule has 1 unspecified atom stereocenters. The monoisotopic (exact) mass is 257 g/mol. The third-order valence-corrected chi connectivity index (χ3v) is 3.63. The number of aliphatic carboxylic acids is 1. The van der Waals surface area contributed by atoms with Gasteiger partial charge in [0.2, 0.25) is 0 Å². The average molecular weight is 257 g/mol. The van der Waals surface area contributed by atoms with Crippen LogP contribution < -0.4 is 0 Å². The van der Waals surface area contributed by atoms with Crippen LogP contribution in [-0.2, 0) is 16.0 Å². The SMILES string of the molecule is CCOC(c1nc(C)c(CC(=O)O)s1)C(C)C. The van der Waals surface area contributed by atoms with Gasteiger partial charge in [0.25, 0.3) is 0 Å². The molecular weight excluding hydrogens is 238 g/mol. The molecule has 0 saturated heterocycles. The number of ether oxygens (including phenoxy) is 1. The topological polar surface area (TPSA) is 59.4 Å². The number of rotatable bonds is 6. The van der Waals surface area contributed by atoms with E-state index in [4.69, 9.17) is 9.84 Å². The molecular formula is C12H19NO3S. The van der Waals surface area contributed by atoms with Crippen LogP contribution >= 0.6 is 11.3 Å². The quantitative estimate of drug-likeness (QED) is 0.851. The van der Waals surface area contributed by atoms with Crippen molar-refractivity contribution in [3.05, 3.63) is 15.6 Å². The molecule has 1 rings (SSSR count). The third kappa shape index (κ3) is 3.78. The Bertz CT molecular complexity index is 387. The molecule has 96 valence electrons. The van der Waals surface area contributed by atoms with E-state index in [2.05, 4.69) is 18.8 Å². The molecule has 0 aliphatic rings. The van der Waals surface area contributed by atoms with Crippen molar-refractivity contribution in [1.82, 2.24) is 4.98 Å². The lowest BCUT2D eigenvalue weighted by Crippen LogP contribution is -2.10. The maximum Gasteiger partial charge on any atom is 0.308 e. The average Bonchev–Trinajstić information content (AvgIpc) is 2.55. The largest absolute Gasteiger partial charge is 0.481 e. The molecule has 5 heteroatoms. The first-order chi connectivity index (χ1) is 7.95. The molecule has 0 bridgehead atoms. The van der Waals surface area contributed by atoms with Crippen molar-refractivity contribution in [1.29, 1.82) is 0 Å². The molecule has 1 atom stereocenters. The number of carbonyl (C=O) groups is 1. The van der Waals surface area contributed by atoms with Crippen LogP contribution in [0.3, 0.4) is 0 Å². The fourth-order valence-electron chi connectivity index (χ4n) is 1.60. The summed E-state index contributed by atoms with van der Waals surface area (Å²) < 4.78 is 5.66. The molecule has 0 spiro atoms. The molecule has 0 aliphatic heterocycles. The highest BCUT2D eigenvalue weighted by Gasteiger charge is 2.21. The van der Waals surface area contributed by atoms with E-state index in [0.29, 0.717) is 12.5 Å². The Morgan fingerprint density at radius 1 is 1.53 bits per heavy atom. The number of nitrogens with zero attached hydrogens (tertiary/aromatic N) is 1. The highest BCUT2D eigenvalue weighted by Crippen LogP contribution is 2.31. The number of carboxylic acid groups (broad SMARTS) is 1. The first-order valence-corrected chi connectivity index (χ1v) is 6.56.